The molecule has 0 radical (unpaired) electrons. The van der Waals surface area contributed by atoms with Gasteiger partial charge in [-0.25, -0.2) is 0 Å². The van der Waals surface area contributed by atoms with Crippen LogP contribution in [0.25, 0.3) is 0 Å². The van der Waals surface area contributed by atoms with Gasteiger partial charge >= 0.3 is 0 Å². The number of piperazine rings is 1. The van der Waals surface area contributed by atoms with Crippen molar-refractivity contribution in [1.82, 2.24) is 9.80 Å². The van der Waals surface area contributed by atoms with Crippen LogP contribution in [-0.4, -0.2) is 54.3 Å². The molecule has 108 valence electrons. The van der Waals surface area contributed by atoms with Gasteiger partial charge in [0.25, 0.3) is 0 Å². The molecule has 2 rings (SSSR count). The number of nitrogens with zero attached hydrogens (tertiary/aromatic N) is 2. The van der Waals surface area contributed by atoms with Crippen LogP contribution in [0.3, 0.4) is 0 Å². The van der Waals surface area contributed by atoms with Gasteiger partial charge in [0.15, 0.2) is 0 Å². The summed E-state index contributed by atoms with van der Waals surface area (Å²) in [7, 11) is 1.86. The van der Waals surface area contributed by atoms with Crippen molar-refractivity contribution in [3.05, 3.63) is 35.9 Å². The Morgan fingerprint density at radius 2 is 1.95 bits per heavy atom. The van der Waals surface area contributed by atoms with Crippen LogP contribution in [0.2, 0.25) is 0 Å². The lowest BCUT2D eigenvalue weighted by Gasteiger charge is -2.37. The second kappa shape index (κ2) is 6.52. The summed E-state index contributed by atoms with van der Waals surface area (Å²) in [4.78, 5) is 27.2. The highest BCUT2D eigenvalue weighted by atomic mass is 16.2. The summed E-state index contributed by atoms with van der Waals surface area (Å²) in [6.07, 6.45) is 1.20. The molecule has 0 aliphatic carbocycles. The first-order valence-corrected chi connectivity index (χ1v) is 6.89. The smallest absolute Gasteiger partial charge is 0.236 e. The Labute approximate surface area is 119 Å². The summed E-state index contributed by atoms with van der Waals surface area (Å²) in [6.45, 7) is 1.75. The van der Waals surface area contributed by atoms with Crippen molar-refractivity contribution < 1.29 is 9.59 Å². The van der Waals surface area contributed by atoms with Gasteiger partial charge in [0.05, 0.1) is 0 Å². The zero-order valence-corrected chi connectivity index (χ0v) is 11.8. The third-order valence-electron chi connectivity index (χ3n) is 3.80. The molecule has 0 bridgehead atoms. The SMILES string of the molecule is CN1CCN(C(=O)CCc2ccccc2)CC1C(N)=O. The minimum atomic E-state index is -0.371. The van der Waals surface area contributed by atoms with Gasteiger partial charge in [0.2, 0.25) is 11.8 Å². The predicted octanol–water partition coefficient (Wildman–Crippen LogP) is 0.247. The molecule has 1 saturated heterocycles. The van der Waals surface area contributed by atoms with Crippen LogP contribution in [0.15, 0.2) is 30.3 Å². The Morgan fingerprint density at radius 3 is 2.60 bits per heavy atom. The lowest BCUT2D eigenvalue weighted by atomic mass is 10.1. The summed E-state index contributed by atoms with van der Waals surface area (Å²) in [6, 6.07) is 9.57. The number of rotatable bonds is 4. The zero-order chi connectivity index (χ0) is 14.5. The van der Waals surface area contributed by atoms with Crippen molar-refractivity contribution in [1.29, 1.82) is 0 Å². The van der Waals surface area contributed by atoms with E-state index in [9.17, 15) is 9.59 Å². The number of hydrogen-bond donors (Lipinski definition) is 1. The van der Waals surface area contributed by atoms with Crippen LogP contribution in [0.1, 0.15) is 12.0 Å². The fourth-order valence-corrected chi connectivity index (χ4v) is 2.46. The molecule has 0 aromatic heterocycles. The van der Waals surface area contributed by atoms with Crippen molar-refractivity contribution >= 4 is 11.8 Å². The topological polar surface area (TPSA) is 66.6 Å². The maximum atomic E-state index is 12.2. The van der Waals surface area contributed by atoms with Gasteiger partial charge < -0.3 is 10.6 Å². The fourth-order valence-electron chi connectivity index (χ4n) is 2.46. The summed E-state index contributed by atoms with van der Waals surface area (Å²) >= 11 is 0. The Hall–Kier alpha value is -1.88. The number of carbonyl (C=O) groups excluding carboxylic acids is 2. The highest BCUT2D eigenvalue weighted by Gasteiger charge is 2.30. The standard InChI is InChI=1S/C15H21N3O2/c1-17-9-10-18(11-13(17)15(16)20)14(19)8-7-12-5-3-2-4-6-12/h2-6,13H,7-11H2,1H3,(H2,16,20). The van der Waals surface area contributed by atoms with Crippen molar-refractivity contribution in [2.75, 3.05) is 26.7 Å². The summed E-state index contributed by atoms with van der Waals surface area (Å²) in [5.74, 6) is -0.277. The van der Waals surface area contributed by atoms with Crippen LogP contribution >= 0.6 is 0 Å². The molecule has 0 spiro atoms. The highest BCUT2D eigenvalue weighted by Crippen LogP contribution is 2.11. The molecule has 1 fully saturated rings. The molecule has 20 heavy (non-hydrogen) atoms. The van der Waals surface area contributed by atoms with Crippen LogP contribution < -0.4 is 5.73 Å². The monoisotopic (exact) mass is 275 g/mol. The largest absolute Gasteiger partial charge is 0.368 e. The Balaban J connectivity index is 1.88. The van der Waals surface area contributed by atoms with Crippen LogP contribution in [0.5, 0.6) is 0 Å². The summed E-state index contributed by atoms with van der Waals surface area (Å²) < 4.78 is 0. The zero-order valence-electron chi connectivity index (χ0n) is 11.8. The lowest BCUT2D eigenvalue weighted by Crippen LogP contribution is -2.57. The van der Waals surface area contributed by atoms with Gasteiger partial charge in [-0.3, -0.25) is 14.5 Å². The van der Waals surface area contributed by atoms with Crippen LogP contribution in [0, 0.1) is 0 Å². The molecular formula is C15H21N3O2. The third kappa shape index (κ3) is 3.57. The van der Waals surface area contributed by atoms with E-state index in [-0.39, 0.29) is 17.9 Å². The average molecular weight is 275 g/mol. The van der Waals surface area contributed by atoms with Crippen LogP contribution in [0.4, 0.5) is 0 Å². The van der Waals surface area contributed by atoms with Gasteiger partial charge in [0, 0.05) is 26.1 Å². The highest BCUT2D eigenvalue weighted by molar-refractivity contribution is 5.82. The molecule has 1 aliphatic rings. The van der Waals surface area contributed by atoms with Crippen molar-refractivity contribution in [2.45, 2.75) is 18.9 Å². The van der Waals surface area contributed by atoms with E-state index in [0.29, 0.717) is 26.1 Å². The van der Waals surface area contributed by atoms with E-state index in [4.69, 9.17) is 5.73 Å². The number of amides is 2. The molecule has 1 aromatic rings. The number of hydrogen-bond acceptors (Lipinski definition) is 3. The van der Waals surface area contributed by atoms with Gasteiger partial charge in [-0.2, -0.15) is 0 Å². The molecule has 2 amide bonds. The lowest BCUT2D eigenvalue weighted by molar-refractivity contribution is -0.136. The molecule has 2 N–H and O–H groups in total. The molecule has 5 nitrogen and oxygen atoms in total. The number of carbonyl (C=O) groups is 2. The predicted molar refractivity (Wildman–Crippen MR) is 77.0 cm³/mol. The Bertz CT molecular complexity index is 475. The quantitative estimate of drug-likeness (QED) is 0.856. The fraction of sp³-hybridized carbons (Fsp3) is 0.467. The number of likely N-dealkylation sites (N-methyl/N-ethyl adjacent to an activating group) is 1. The van der Waals surface area contributed by atoms with Crippen LogP contribution in [-0.2, 0) is 16.0 Å². The molecule has 1 unspecified atom stereocenters. The third-order valence-corrected chi connectivity index (χ3v) is 3.80. The van der Waals surface area contributed by atoms with E-state index in [1.165, 1.54) is 0 Å². The van der Waals surface area contributed by atoms with Gasteiger partial charge in [-0.1, -0.05) is 30.3 Å². The van der Waals surface area contributed by atoms with E-state index in [2.05, 4.69) is 0 Å². The minimum absolute atomic E-state index is 0.0909. The first-order valence-electron chi connectivity index (χ1n) is 6.89. The number of aryl methyl sites for hydroxylation is 1. The second-order valence-electron chi connectivity index (χ2n) is 5.22. The van der Waals surface area contributed by atoms with E-state index >= 15 is 0 Å². The number of nitrogens with two attached hydrogens (primary N) is 1. The molecule has 5 heteroatoms. The van der Waals surface area contributed by atoms with Gasteiger partial charge in [-0.05, 0) is 19.0 Å². The maximum Gasteiger partial charge on any atom is 0.236 e. The van der Waals surface area contributed by atoms with E-state index < -0.39 is 0 Å². The molecule has 0 saturated carbocycles. The van der Waals surface area contributed by atoms with E-state index in [0.717, 1.165) is 12.0 Å². The molecule has 1 aromatic carbocycles. The molecule has 1 heterocycles. The van der Waals surface area contributed by atoms with Crippen molar-refractivity contribution in [2.24, 2.45) is 5.73 Å². The maximum absolute atomic E-state index is 12.2. The van der Waals surface area contributed by atoms with Crippen molar-refractivity contribution in [3.8, 4) is 0 Å². The Morgan fingerprint density at radius 1 is 1.25 bits per heavy atom. The Kier molecular flexibility index (Phi) is 4.74. The van der Waals surface area contributed by atoms with E-state index in [1.807, 2.05) is 42.3 Å². The summed E-state index contributed by atoms with van der Waals surface area (Å²) in [5, 5.41) is 0. The summed E-state index contributed by atoms with van der Waals surface area (Å²) in [5.41, 5.74) is 6.52. The normalized spacial score (nSPS) is 19.9. The van der Waals surface area contributed by atoms with Crippen molar-refractivity contribution in [3.63, 3.8) is 0 Å². The molecular weight excluding hydrogens is 254 g/mol. The van der Waals surface area contributed by atoms with Gasteiger partial charge in [0.1, 0.15) is 6.04 Å². The first-order chi connectivity index (χ1) is 9.58. The second-order valence-corrected chi connectivity index (χ2v) is 5.22. The molecule has 1 aliphatic heterocycles. The van der Waals surface area contributed by atoms with E-state index in [1.54, 1.807) is 4.90 Å². The minimum Gasteiger partial charge on any atom is -0.368 e. The molecule has 1 atom stereocenters. The first kappa shape index (κ1) is 14.5. The van der Waals surface area contributed by atoms with Gasteiger partial charge in [-0.15, -0.1) is 0 Å². The number of primary amides is 1. The number of benzene rings is 1. The average Bonchev–Trinajstić information content (AvgIpc) is 2.46.